The molecule has 21 heavy (non-hydrogen) atoms. The lowest BCUT2D eigenvalue weighted by molar-refractivity contribution is 1.17. The number of rotatable bonds is 3. The molecule has 0 aliphatic carbocycles. The Bertz CT molecular complexity index is 768. The maximum atomic E-state index is 5.81. The Hall–Kier alpha value is -1.98. The predicted octanol–water partition coefficient (Wildman–Crippen LogP) is 4.61. The summed E-state index contributed by atoms with van der Waals surface area (Å²) in [7, 11) is 0. The van der Waals surface area contributed by atoms with Crippen LogP contribution in [0.5, 0.6) is 0 Å². The van der Waals surface area contributed by atoms with Gasteiger partial charge in [-0.2, -0.15) is 0 Å². The fraction of sp³-hybridized carbons (Fsp3) is 0.133. The van der Waals surface area contributed by atoms with Crippen LogP contribution in [0.3, 0.4) is 0 Å². The van der Waals surface area contributed by atoms with Crippen molar-refractivity contribution in [1.82, 2.24) is 15.0 Å². The molecular formula is C15H13ClN4S. The van der Waals surface area contributed by atoms with Gasteiger partial charge in [-0.25, -0.2) is 15.0 Å². The van der Waals surface area contributed by atoms with E-state index < -0.39 is 0 Å². The minimum absolute atomic E-state index is 0.517. The molecule has 0 amide bonds. The zero-order valence-electron chi connectivity index (χ0n) is 11.6. The number of benzene rings is 1. The summed E-state index contributed by atoms with van der Waals surface area (Å²) < 4.78 is 0. The van der Waals surface area contributed by atoms with E-state index in [0.717, 1.165) is 21.1 Å². The van der Waals surface area contributed by atoms with Gasteiger partial charge in [0.1, 0.15) is 0 Å². The molecule has 0 fully saturated rings. The van der Waals surface area contributed by atoms with Gasteiger partial charge in [-0.15, -0.1) is 11.3 Å². The van der Waals surface area contributed by atoms with E-state index in [0.29, 0.717) is 11.0 Å². The maximum Gasteiger partial charge on any atom is 0.227 e. The molecule has 0 saturated carbocycles. The first-order valence-corrected chi connectivity index (χ1v) is 7.60. The highest BCUT2D eigenvalue weighted by atomic mass is 35.5. The van der Waals surface area contributed by atoms with E-state index >= 15 is 0 Å². The summed E-state index contributed by atoms with van der Waals surface area (Å²) in [6.07, 6.45) is 5.04. The summed E-state index contributed by atoms with van der Waals surface area (Å²) >= 11 is 7.48. The topological polar surface area (TPSA) is 50.7 Å². The minimum atomic E-state index is 0.517. The second kappa shape index (κ2) is 5.79. The Balaban J connectivity index is 2.02. The van der Waals surface area contributed by atoms with Gasteiger partial charge in [0, 0.05) is 17.4 Å². The molecule has 0 spiro atoms. The molecule has 0 unspecified atom stereocenters. The number of halogens is 1. The molecule has 1 aromatic carbocycles. The van der Waals surface area contributed by atoms with Crippen molar-refractivity contribution in [3.05, 3.63) is 52.4 Å². The van der Waals surface area contributed by atoms with E-state index in [1.54, 1.807) is 23.7 Å². The highest BCUT2D eigenvalue weighted by Gasteiger charge is 2.11. The highest BCUT2D eigenvalue weighted by molar-refractivity contribution is 7.15. The Kier molecular flexibility index (Phi) is 3.86. The van der Waals surface area contributed by atoms with E-state index in [2.05, 4.69) is 33.3 Å². The molecule has 3 aromatic rings. The first-order chi connectivity index (χ1) is 10.1. The van der Waals surface area contributed by atoms with Crippen molar-refractivity contribution in [1.29, 1.82) is 0 Å². The maximum absolute atomic E-state index is 5.81. The third-order valence-electron chi connectivity index (χ3n) is 3.01. The SMILES string of the molecule is Cc1ncc(-c2c(C)cccc2Nc2ncc(Cl)cn2)s1. The van der Waals surface area contributed by atoms with Crippen molar-refractivity contribution in [2.75, 3.05) is 5.32 Å². The third-order valence-corrected chi connectivity index (χ3v) is 4.13. The van der Waals surface area contributed by atoms with Gasteiger partial charge in [-0.05, 0) is 25.5 Å². The molecule has 0 aliphatic rings. The van der Waals surface area contributed by atoms with Crippen molar-refractivity contribution in [2.24, 2.45) is 0 Å². The van der Waals surface area contributed by atoms with E-state index in [4.69, 9.17) is 11.6 Å². The second-order valence-electron chi connectivity index (χ2n) is 4.59. The molecule has 0 atom stereocenters. The average Bonchev–Trinajstić information content (AvgIpc) is 2.88. The average molecular weight is 317 g/mol. The van der Waals surface area contributed by atoms with Crippen molar-refractivity contribution >= 4 is 34.6 Å². The Morgan fingerprint density at radius 3 is 2.48 bits per heavy atom. The molecule has 106 valence electrons. The zero-order chi connectivity index (χ0) is 14.8. The van der Waals surface area contributed by atoms with Gasteiger partial charge in [0.15, 0.2) is 0 Å². The van der Waals surface area contributed by atoms with E-state index in [9.17, 15) is 0 Å². The molecular weight excluding hydrogens is 304 g/mol. The van der Waals surface area contributed by atoms with Crippen LogP contribution in [0.25, 0.3) is 10.4 Å². The van der Waals surface area contributed by atoms with Crippen LogP contribution in [0.2, 0.25) is 5.02 Å². The normalized spacial score (nSPS) is 10.6. The number of aryl methyl sites for hydroxylation is 2. The molecule has 0 aliphatic heterocycles. The molecule has 2 aromatic heterocycles. The molecule has 0 radical (unpaired) electrons. The smallest absolute Gasteiger partial charge is 0.227 e. The van der Waals surface area contributed by atoms with Gasteiger partial charge in [0.2, 0.25) is 5.95 Å². The van der Waals surface area contributed by atoms with Gasteiger partial charge in [0.25, 0.3) is 0 Å². The van der Waals surface area contributed by atoms with Gasteiger partial charge < -0.3 is 5.32 Å². The lowest BCUT2D eigenvalue weighted by Gasteiger charge is -2.12. The largest absolute Gasteiger partial charge is 0.324 e. The van der Waals surface area contributed by atoms with Crippen LogP contribution in [0.15, 0.2) is 36.8 Å². The first-order valence-electron chi connectivity index (χ1n) is 6.40. The summed E-state index contributed by atoms with van der Waals surface area (Å²) in [5.74, 6) is 0.521. The molecule has 4 nitrogen and oxygen atoms in total. The Morgan fingerprint density at radius 1 is 1.05 bits per heavy atom. The van der Waals surface area contributed by atoms with Gasteiger partial charge >= 0.3 is 0 Å². The summed E-state index contributed by atoms with van der Waals surface area (Å²) in [4.78, 5) is 13.8. The quantitative estimate of drug-likeness (QED) is 0.766. The van der Waals surface area contributed by atoms with Crippen LogP contribution < -0.4 is 5.32 Å². The molecule has 3 rings (SSSR count). The number of hydrogen-bond acceptors (Lipinski definition) is 5. The van der Waals surface area contributed by atoms with Gasteiger partial charge in [-0.1, -0.05) is 23.7 Å². The number of hydrogen-bond donors (Lipinski definition) is 1. The van der Waals surface area contributed by atoms with Crippen molar-refractivity contribution in [2.45, 2.75) is 13.8 Å². The molecule has 0 saturated heterocycles. The van der Waals surface area contributed by atoms with E-state index in [1.807, 2.05) is 25.3 Å². The van der Waals surface area contributed by atoms with Gasteiger partial charge in [0.05, 0.1) is 27.3 Å². The summed E-state index contributed by atoms with van der Waals surface area (Å²) in [6.45, 7) is 4.08. The lowest BCUT2D eigenvalue weighted by atomic mass is 10.1. The van der Waals surface area contributed by atoms with Crippen molar-refractivity contribution < 1.29 is 0 Å². The van der Waals surface area contributed by atoms with Crippen LogP contribution >= 0.6 is 22.9 Å². The number of aromatic nitrogens is 3. The van der Waals surface area contributed by atoms with Gasteiger partial charge in [-0.3, -0.25) is 0 Å². The third kappa shape index (κ3) is 3.04. The highest BCUT2D eigenvalue weighted by Crippen LogP contribution is 2.35. The summed E-state index contributed by atoms with van der Waals surface area (Å²) in [5.41, 5.74) is 3.26. The molecule has 6 heteroatoms. The second-order valence-corrected chi connectivity index (χ2v) is 6.26. The van der Waals surface area contributed by atoms with Crippen LogP contribution in [0.1, 0.15) is 10.6 Å². The number of anilines is 2. The number of nitrogens with one attached hydrogen (secondary N) is 1. The molecule has 1 N–H and O–H groups in total. The van der Waals surface area contributed by atoms with E-state index in [1.165, 1.54) is 5.56 Å². The van der Waals surface area contributed by atoms with Crippen LogP contribution in [0.4, 0.5) is 11.6 Å². The first kappa shape index (κ1) is 14.0. The standard InChI is InChI=1S/C15H13ClN4S/c1-9-4-3-5-12(14(9)13-8-17-10(2)21-13)20-15-18-6-11(16)7-19-15/h3-8H,1-2H3,(H,18,19,20). The summed E-state index contributed by atoms with van der Waals surface area (Å²) in [6, 6.07) is 6.10. The molecule has 0 bridgehead atoms. The fourth-order valence-corrected chi connectivity index (χ4v) is 3.07. The Morgan fingerprint density at radius 2 is 1.81 bits per heavy atom. The monoisotopic (exact) mass is 316 g/mol. The predicted molar refractivity (Wildman–Crippen MR) is 87.3 cm³/mol. The fourth-order valence-electron chi connectivity index (χ4n) is 2.07. The summed E-state index contributed by atoms with van der Waals surface area (Å²) in [5, 5.41) is 4.81. The van der Waals surface area contributed by atoms with Crippen molar-refractivity contribution in [3.8, 4) is 10.4 Å². The number of thiazole rings is 1. The Labute approximate surface area is 131 Å². The van der Waals surface area contributed by atoms with Crippen LogP contribution in [0, 0.1) is 13.8 Å². The van der Waals surface area contributed by atoms with E-state index in [-0.39, 0.29) is 0 Å². The zero-order valence-corrected chi connectivity index (χ0v) is 13.2. The minimum Gasteiger partial charge on any atom is -0.324 e. The van der Waals surface area contributed by atoms with Crippen LogP contribution in [-0.4, -0.2) is 15.0 Å². The number of nitrogens with zero attached hydrogens (tertiary/aromatic N) is 3. The van der Waals surface area contributed by atoms with Crippen molar-refractivity contribution in [3.63, 3.8) is 0 Å². The lowest BCUT2D eigenvalue weighted by Crippen LogP contribution is -1.98. The molecule has 2 heterocycles. The van der Waals surface area contributed by atoms with Crippen LogP contribution in [-0.2, 0) is 0 Å².